The molecule has 0 spiro atoms. The molecular weight excluding hydrogens is 421 g/mol. The van der Waals surface area contributed by atoms with Crippen molar-refractivity contribution < 1.29 is 32.4 Å². The molecule has 31 heavy (non-hydrogen) atoms. The summed E-state index contributed by atoms with van der Waals surface area (Å²) in [5.74, 6) is -0.608. The normalized spacial score (nSPS) is 13.1. The van der Waals surface area contributed by atoms with E-state index in [1.165, 1.54) is 19.4 Å². The number of nitrogens with zero attached hydrogens (tertiary/aromatic N) is 1. The van der Waals surface area contributed by atoms with Crippen LogP contribution in [0.2, 0.25) is 0 Å². The van der Waals surface area contributed by atoms with Crippen molar-refractivity contribution in [1.29, 1.82) is 0 Å². The Balaban J connectivity index is 2.03. The second-order valence-electron chi connectivity index (χ2n) is 6.60. The SMILES string of the molecule is CCOP(=O)(OCC)c1c(-c2ccc(OC)cc2)oc2c1C(=O)c1ncccc1C2=O. The zero-order chi connectivity index (χ0) is 22.2. The number of rotatable bonds is 7. The van der Waals surface area contributed by atoms with Crippen molar-refractivity contribution in [2.45, 2.75) is 13.8 Å². The molecule has 9 heteroatoms. The van der Waals surface area contributed by atoms with Gasteiger partial charge in [-0.25, -0.2) is 0 Å². The van der Waals surface area contributed by atoms with Gasteiger partial charge in [0.25, 0.3) is 0 Å². The number of methoxy groups -OCH3 is 1. The lowest BCUT2D eigenvalue weighted by Crippen LogP contribution is -2.27. The molecule has 0 fully saturated rings. The van der Waals surface area contributed by atoms with Crippen LogP contribution < -0.4 is 10.0 Å². The molecule has 1 aliphatic carbocycles. The summed E-state index contributed by atoms with van der Waals surface area (Å²) in [6.45, 7) is 3.46. The highest BCUT2D eigenvalue weighted by molar-refractivity contribution is 7.62. The summed E-state index contributed by atoms with van der Waals surface area (Å²) >= 11 is 0. The van der Waals surface area contributed by atoms with Crippen LogP contribution in [0.25, 0.3) is 11.3 Å². The summed E-state index contributed by atoms with van der Waals surface area (Å²) in [6.07, 6.45) is 1.42. The van der Waals surface area contributed by atoms with Gasteiger partial charge in [-0.05, 0) is 50.2 Å². The molecule has 0 atom stereocenters. The van der Waals surface area contributed by atoms with Gasteiger partial charge in [0.05, 0.1) is 31.5 Å². The quantitative estimate of drug-likeness (QED) is 0.396. The third-order valence-corrected chi connectivity index (χ3v) is 6.98. The maximum Gasteiger partial charge on any atom is 0.366 e. The fourth-order valence-electron chi connectivity index (χ4n) is 3.51. The van der Waals surface area contributed by atoms with Crippen molar-refractivity contribution in [3.63, 3.8) is 0 Å². The number of pyridine rings is 1. The van der Waals surface area contributed by atoms with Crippen molar-refractivity contribution >= 4 is 24.5 Å². The molecule has 0 bridgehead atoms. The van der Waals surface area contributed by atoms with Crippen LogP contribution in [0.3, 0.4) is 0 Å². The van der Waals surface area contributed by atoms with Crippen molar-refractivity contribution in [3.8, 4) is 17.1 Å². The first kappa shape index (κ1) is 21.2. The Bertz CT molecular complexity index is 1200. The molecule has 0 N–H and O–H groups in total. The van der Waals surface area contributed by atoms with E-state index in [2.05, 4.69) is 4.98 Å². The van der Waals surface area contributed by atoms with Gasteiger partial charge < -0.3 is 18.2 Å². The van der Waals surface area contributed by atoms with Gasteiger partial charge in [-0.1, -0.05) is 0 Å². The number of carbonyl (C=O) groups is 2. The fraction of sp³-hybridized carbons (Fsp3) is 0.227. The third kappa shape index (κ3) is 3.43. The first-order chi connectivity index (χ1) is 14.9. The van der Waals surface area contributed by atoms with Gasteiger partial charge in [0, 0.05) is 11.8 Å². The van der Waals surface area contributed by atoms with Gasteiger partial charge in [-0.2, -0.15) is 0 Å². The van der Waals surface area contributed by atoms with Gasteiger partial charge in [0.15, 0.2) is 11.5 Å². The summed E-state index contributed by atoms with van der Waals surface area (Å²) in [5.41, 5.74) is 0.460. The monoisotopic (exact) mass is 441 g/mol. The number of hydrogen-bond donors (Lipinski definition) is 0. The topological polar surface area (TPSA) is 105 Å². The summed E-state index contributed by atoms with van der Waals surface area (Å²) < 4.78 is 36.0. The molecule has 2 heterocycles. The minimum atomic E-state index is -4.01. The van der Waals surface area contributed by atoms with Crippen molar-refractivity contribution in [2.75, 3.05) is 20.3 Å². The van der Waals surface area contributed by atoms with E-state index < -0.39 is 19.2 Å². The van der Waals surface area contributed by atoms with Gasteiger partial charge in [-0.15, -0.1) is 0 Å². The van der Waals surface area contributed by atoms with Crippen LogP contribution in [0.5, 0.6) is 5.75 Å². The standard InChI is InChI=1S/C22H20NO7P/c1-4-28-31(26,29-5-2)22-16-19(25)17-15(7-6-12-23-17)18(24)21(16)30-20(22)13-8-10-14(27-3)11-9-13/h6-12H,4-5H2,1-3H3. The molecule has 0 saturated heterocycles. The molecule has 0 amide bonds. The molecule has 1 aliphatic rings. The molecule has 0 unspecified atom stereocenters. The van der Waals surface area contributed by atoms with Crippen LogP contribution in [0.4, 0.5) is 0 Å². The number of carbonyl (C=O) groups excluding carboxylic acids is 2. The molecule has 0 saturated carbocycles. The Morgan fingerprint density at radius 2 is 1.65 bits per heavy atom. The number of hydrogen-bond acceptors (Lipinski definition) is 8. The summed E-state index contributed by atoms with van der Waals surface area (Å²) in [5, 5.41) is -0.0639. The van der Waals surface area contributed by atoms with E-state index in [-0.39, 0.29) is 46.9 Å². The van der Waals surface area contributed by atoms with E-state index in [0.717, 1.165) is 0 Å². The van der Waals surface area contributed by atoms with E-state index in [1.54, 1.807) is 44.2 Å². The maximum absolute atomic E-state index is 13.8. The highest BCUT2D eigenvalue weighted by atomic mass is 31.2. The molecule has 8 nitrogen and oxygen atoms in total. The number of furan rings is 1. The number of ketones is 2. The Morgan fingerprint density at radius 1 is 0.968 bits per heavy atom. The van der Waals surface area contributed by atoms with Crippen LogP contribution in [-0.2, 0) is 13.6 Å². The Labute approximate surface area is 178 Å². The molecule has 0 radical (unpaired) electrons. The number of aromatic nitrogens is 1. The summed E-state index contributed by atoms with van der Waals surface area (Å²) in [6, 6.07) is 9.80. The zero-order valence-corrected chi connectivity index (χ0v) is 18.1. The van der Waals surface area contributed by atoms with Crippen molar-refractivity contribution in [3.05, 3.63) is 65.2 Å². The van der Waals surface area contributed by atoms with Crippen LogP contribution >= 0.6 is 7.60 Å². The number of fused-ring (bicyclic) bond motifs is 2. The number of benzene rings is 1. The van der Waals surface area contributed by atoms with E-state index in [4.69, 9.17) is 18.2 Å². The minimum Gasteiger partial charge on any atom is -0.497 e. The third-order valence-electron chi connectivity index (χ3n) is 4.81. The zero-order valence-electron chi connectivity index (χ0n) is 17.2. The molecule has 2 aromatic heterocycles. The fourth-order valence-corrected chi connectivity index (χ4v) is 5.42. The molecule has 1 aromatic carbocycles. The van der Waals surface area contributed by atoms with Gasteiger partial charge in [0.2, 0.25) is 11.6 Å². The molecular formula is C22H20NO7P. The molecule has 3 aromatic rings. The second kappa shape index (κ2) is 8.23. The molecule has 0 aliphatic heterocycles. The van der Waals surface area contributed by atoms with Gasteiger partial charge in [-0.3, -0.25) is 19.1 Å². The van der Waals surface area contributed by atoms with Gasteiger partial charge in [0.1, 0.15) is 16.7 Å². The predicted molar refractivity (Wildman–Crippen MR) is 112 cm³/mol. The van der Waals surface area contributed by atoms with Crippen LogP contribution in [0.15, 0.2) is 47.0 Å². The Hall–Kier alpha value is -3.06. The van der Waals surface area contributed by atoms with E-state index in [9.17, 15) is 14.2 Å². The van der Waals surface area contributed by atoms with Crippen molar-refractivity contribution in [1.82, 2.24) is 4.98 Å². The highest BCUT2D eigenvalue weighted by Crippen LogP contribution is 2.52. The lowest BCUT2D eigenvalue weighted by molar-refractivity contribution is 0.0957. The molecule has 160 valence electrons. The van der Waals surface area contributed by atoms with Gasteiger partial charge >= 0.3 is 7.60 Å². The molecule has 4 rings (SSSR count). The Kier molecular flexibility index (Phi) is 5.62. The largest absolute Gasteiger partial charge is 0.497 e. The Morgan fingerprint density at radius 3 is 2.26 bits per heavy atom. The first-order valence-corrected chi connectivity index (χ1v) is 11.2. The number of ether oxygens (including phenoxy) is 1. The van der Waals surface area contributed by atoms with Crippen LogP contribution in [-0.4, -0.2) is 36.9 Å². The lowest BCUT2D eigenvalue weighted by atomic mass is 9.92. The summed E-state index contributed by atoms with van der Waals surface area (Å²) in [4.78, 5) is 30.5. The average Bonchev–Trinajstić information content (AvgIpc) is 3.20. The smallest absolute Gasteiger partial charge is 0.366 e. The van der Waals surface area contributed by atoms with E-state index in [1.807, 2.05) is 0 Å². The average molecular weight is 441 g/mol. The van der Waals surface area contributed by atoms with Crippen molar-refractivity contribution in [2.24, 2.45) is 0 Å². The van der Waals surface area contributed by atoms with E-state index >= 15 is 0 Å². The lowest BCUT2D eigenvalue weighted by Gasteiger charge is -2.19. The van der Waals surface area contributed by atoms with Crippen LogP contribution in [0.1, 0.15) is 46.0 Å². The van der Waals surface area contributed by atoms with E-state index in [0.29, 0.717) is 11.3 Å². The van der Waals surface area contributed by atoms with Crippen LogP contribution in [0, 0.1) is 0 Å². The summed E-state index contributed by atoms with van der Waals surface area (Å²) in [7, 11) is -2.47. The predicted octanol–water partition coefficient (Wildman–Crippen LogP) is 4.02. The first-order valence-electron chi connectivity index (χ1n) is 9.70. The maximum atomic E-state index is 13.8. The second-order valence-corrected chi connectivity index (χ2v) is 8.56. The minimum absolute atomic E-state index is 0.0251. The highest BCUT2D eigenvalue weighted by Gasteiger charge is 2.45.